The van der Waals surface area contributed by atoms with Gasteiger partial charge < -0.3 is 0 Å². The van der Waals surface area contributed by atoms with Gasteiger partial charge in [0.2, 0.25) is 23.0 Å². The van der Waals surface area contributed by atoms with Gasteiger partial charge in [0, 0.05) is 51.0 Å². The zero-order valence-electron chi connectivity index (χ0n) is 28.5. The molecule has 0 bridgehead atoms. The Kier molecular flexibility index (Phi) is 7.42. The summed E-state index contributed by atoms with van der Waals surface area (Å²) in [6.07, 6.45) is 0. The van der Waals surface area contributed by atoms with Gasteiger partial charge in [-0.2, -0.15) is 0 Å². The van der Waals surface area contributed by atoms with Crippen molar-refractivity contribution >= 4 is 34.4 Å². The number of hydrogen-bond acceptors (Lipinski definition) is 6. The molecule has 8 nitrogen and oxygen atoms in total. The number of fused-ring (bicyclic) bond motifs is 3. The summed E-state index contributed by atoms with van der Waals surface area (Å²) in [5, 5.41) is 24.3. The summed E-state index contributed by atoms with van der Waals surface area (Å²) in [6.45, 7) is 5.62. The molecule has 51 heavy (non-hydrogen) atoms. The van der Waals surface area contributed by atoms with Crippen LogP contribution in [0.5, 0.6) is 0 Å². The summed E-state index contributed by atoms with van der Waals surface area (Å²) >= 11 is 0. The molecule has 2 heterocycles. The molecule has 0 spiro atoms. The maximum absolute atomic E-state index is 5.06. The predicted octanol–water partition coefficient (Wildman–Crippen LogP) is 9.86. The van der Waals surface area contributed by atoms with E-state index in [-0.39, 0.29) is 5.41 Å². The number of para-hydroxylation sites is 4. The van der Waals surface area contributed by atoms with Crippen LogP contribution in [0.15, 0.2) is 178 Å². The molecular formula is C43H36N8+2. The zero-order chi connectivity index (χ0) is 34.4. The van der Waals surface area contributed by atoms with Crippen molar-refractivity contribution in [3.63, 3.8) is 0 Å². The smallest absolute Gasteiger partial charge is 0.201 e. The van der Waals surface area contributed by atoms with Gasteiger partial charge in [-0.15, -0.1) is 10.2 Å². The van der Waals surface area contributed by atoms with Gasteiger partial charge in [0.15, 0.2) is 0 Å². The average Bonchev–Trinajstić information content (AvgIpc) is 3.43. The number of azo groups is 4. The van der Waals surface area contributed by atoms with E-state index in [0.717, 1.165) is 33.9 Å². The van der Waals surface area contributed by atoms with Crippen LogP contribution >= 0.6 is 0 Å². The van der Waals surface area contributed by atoms with E-state index in [1.54, 1.807) is 0 Å². The largest absolute Gasteiger partial charge is 0.269 e. The van der Waals surface area contributed by atoms with E-state index in [0.29, 0.717) is 25.0 Å². The fourth-order valence-electron chi connectivity index (χ4n) is 7.08. The summed E-state index contributed by atoms with van der Waals surface area (Å²) in [6, 6.07) is 54.3. The van der Waals surface area contributed by atoms with E-state index < -0.39 is 0 Å². The topological polar surface area (TPSA) is 61.9 Å². The van der Waals surface area contributed by atoms with Crippen molar-refractivity contribution < 1.29 is 9.39 Å². The molecule has 6 aromatic carbocycles. The van der Waals surface area contributed by atoms with Crippen LogP contribution in [0, 0.1) is 0 Å². The maximum atomic E-state index is 5.06. The molecule has 0 aromatic heterocycles. The Morgan fingerprint density at radius 1 is 0.471 bits per heavy atom. The van der Waals surface area contributed by atoms with Crippen LogP contribution in [0.4, 0.5) is 22.7 Å². The van der Waals surface area contributed by atoms with Crippen molar-refractivity contribution in [1.82, 2.24) is 0 Å². The summed E-state index contributed by atoms with van der Waals surface area (Å²) in [5.74, 6) is 1.34. The minimum atomic E-state index is -0.280. The molecule has 9 rings (SSSR count). The highest BCUT2D eigenvalue weighted by Gasteiger charge is 2.38. The van der Waals surface area contributed by atoms with Crippen LogP contribution in [0.3, 0.4) is 0 Å². The molecule has 3 aliphatic rings. The third-order valence-electron chi connectivity index (χ3n) is 9.81. The number of hydrazone groups is 2. The minimum absolute atomic E-state index is 0.280. The van der Waals surface area contributed by atoms with Crippen LogP contribution in [0.2, 0.25) is 0 Å². The Hall–Kier alpha value is -6.54. The average molecular weight is 665 g/mol. The molecule has 6 aromatic rings. The van der Waals surface area contributed by atoms with Gasteiger partial charge in [-0.1, -0.05) is 120 Å². The SMILES string of the molecule is CC1(C)c2cc(C3=NN(c4ccccc4)C[N+](c4ccccc4)=N3)ccc2-c2ccc(C3=NN(c4ccccc4)C[N+](c4ccccc4)=N3)cc21. The highest BCUT2D eigenvalue weighted by atomic mass is 15.6. The lowest BCUT2D eigenvalue weighted by Gasteiger charge is -2.23. The second kappa shape index (κ2) is 12.4. The fraction of sp³-hybridized carbons (Fsp3) is 0.116. The monoisotopic (exact) mass is 664 g/mol. The van der Waals surface area contributed by atoms with Gasteiger partial charge in [-0.3, -0.25) is 0 Å². The van der Waals surface area contributed by atoms with Gasteiger partial charge in [-0.25, -0.2) is 10.0 Å². The molecule has 0 fully saturated rings. The Balaban J connectivity index is 1.10. The summed E-state index contributed by atoms with van der Waals surface area (Å²) in [7, 11) is 0. The second-order valence-electron chi connectivity index (χ2n) is 13.4. The molecule has 0 saturated heterocycles. The molecular weight excluding hydrogens is 629 g/mol. The van der Waals surface area contributed by atoms with Gasteiger partial charge >= 0.3 is 0 Å². The lowest BCUT2D eigenvalue weighted by atomic mass is 9.81. The number of nitrogens with zero attached hydrogens (tertiary/aromatic N) is 8. The highest BCUT2D eigenvalue weighted by molar-refractivity contribution is 6.02. The first kappa shape index (κ1) is 30.5. The Morgan fingerprint density at radius 2 is 0.843 bits per heavy atom. The molecule has 0 unspecified atom stereocenters. The van der Waals surface area contributed by atoms with Crippen LogP contribution in [0.25, 0.3) is 11.1 Å². The Labute approximate surface area is 297 Å². The van der Waals surface area contributed by atoms with Gasteiger partial charge in [-0.05, 0) is 58.7 Å². The van der Waals surface area contributed by atoms with E-state index in [1.165, 1.54) is 22.3 Å². The third kappa shape index (κ3) is 5.60. The number of hydrogen-bond donors (Lipinski definition) is 0. The highest BCUT2D eigenvalue weighted by Crippen LogP contribution is 2.49. The van der Waals surface area contributed by atoms with Crippen LogP contribution in [-0.2, 0) is 5.41 Å². The van der Waals surface area contributed by atoms with Crippen molar-refractivity contribution in [2.24, 2.45) is 20.4 Å². The first-order chi connectivity index (χ1) is 25.0. The lowest BCUT2D eigenvalue weighted by molar-refractivity contribution is -0.508. The first-order valence-electron chi connectivity index (χ1n) is 17.2. The zero-order valence-corrected chi connectivity index (χ0v) is 28.5. The van der Waals surface area contributed by atoms with E-state index in [2.05, 4.69) is 98.8 Å². The molecule has 8 heteroatoms. The molecule has 0 atom stereocenters. The standard InChI is InChI=1S/C43H36N8/c1-43(2)39-27-31(41-44-48(33-15-7-3-8-16-33)29-49(45-41)34-17-9-4-10-18-34)23-25-37(39)38-26-24-32(28-40(38)43)42-46-50(35-19-11-5-12-20-35)30-51(47-42)36-21-13-6-14-22-36/h3-28H,29-30H2,1-2H3/q+2. The minimum Gasteiger partial charge on any atom is -0.201 e. The van der Waals surface area contributed by atoms with Crippen molar-refractivity contribution in [3.05, 3.63) is 180 Å². The van der Waals surface area contributed by atoms with Crippen LogP contribution in [0.1, 0.15) is 36.1 Å². The van der Waals surface area contributed by atoms with Crippen molar-refractivity contribution in [2.45, 2.75) is 19.3 Å². The Bertz CT molecular complexity index is 2210. The summed E-state index contributed by atoms with van der Waals surface area (Å²) < 4.78 is 4.03. The molecule has 246 valence electrons. The molecule has 0 amide bonds. The normalized spacial score (nSPS) is 16.0. The summed E-state index contributed by atoms with van der Waals surface area (Å²) in [5.41, 5.74) is 10.7. The molecule has 1 aliphatic carbocycles. The van der Waals surface area contributed by atoms with Gasteiger partial charge in [0.25, 0.3) is 13.3 Å². The first-order valence-corrected chi connectivity index (χ1v) is 17.2. The van der Waals surface area contributed by atoms with Crippen molar-refractivity contribution in [3.8, 4) is 11.1 Å². The van der Waals surface area contributed by atoms with Crippen LogP contribution < -0.4 is 10.0 Å². The fourth-order valence-corrected chi connectivity index (χ4v) is 7.08. The molecule has 0 radical (unpaired) electrons. The molecule has 2 aliphatic heterocycles. The van der Waals surface area contributed by atoms with Gasteiger partial charge in [0.05, 0.1) is 11.4 Å². The molecule has 0 N–H and O–H groups in total. The summed E-state index contributed by atoms with van der Waals surface area (Å²) in [4.78, 5) is 0. The van der Waals surface area contributed by atoms with Crippen molar-refractivity contribution in [1.29, 1.82) is 0 Å². The van der Waals surface area contributed by atoms with E-state index in [1.807, 2.05) is 92.2 Å². The number of amidine groups is 2. The Morgan fingerprint density at radius 3 is 1.24 bits per heavy atom. The molecule has 0 saturated carbocycles. The predicted molar refractivity (Wildman–Crippen MR) is 202 cm³/mol. The third-order valence-corrected chi connectivity index (χ3v) is 9.81. The van der Waals surface area contributed by atoms with E-state index >= 15 is 0 Å². The van der Waals surface area contributed by atoms with E-state index in [9.17, 15) is 0 Å². The van der Waals surface area contributed by atoms with Crippen molar-refractivity contribution in [2.75, 3.05) is 23.4 Å². The van der Waals surface area contributed by atoms with Crippen LogP contribution in [-0.4, -0.2) is 34.4 Å². The van der Waals surface area contributed by atoms with Gasteiger partial charge in [0.1, 0.15) is 0 Å². The number of benzene rings is 6. The number of rotatable bonds is 6. The number of anilines is 2. The maximum Gasteiger partial charge on any atom is 0.269 e. The lowest BCUT2D eigenvalue weighted by Crippen LogP contribution is -2.31. The quantitative estimate of drug-likeness (QED) is 0.167. The van der Waals surface area contributed by atoms with E-state index in [4.69, 9.17) is 20.4 Å². The second-order valence-corrected chi connectivity index (χ2v) is 13.4.